The SMILES string of the molecule is CC(C)CN(C(=O)CN1CCC(C(N)=O)CC1)c1c(N)n(Cc2ccccc2)c(=O)[nH]c1=O. The van der Waals surface area contributed by atoms with E-state index < -0.39 is 11.2 Å². The van der Waals surface area contributed by atoms with E-state index in [0.29, 0.717) is 25.9 Å². The summed E-state index contributed by atoms with van der Waals surface area (Å²) in [5.41, 5.74) is 11.2. The third kappa shape index (κ3) is 5.89. The van der Waals surface area contributed by atoms with Crippen LogP contribution >= 0.6 is 0 Å². The second-order valence-electron chi connectivity index (χ2n) is 8.92. The van der Waals surface area contributed by atoms with Gasteiger partial charge in [0.15, 0.2) is 5.69 Å². The van der Waals surface area contributed by atoms with Crippen molar-refractivity contribution in [1.82, 2.24) is 14.5 Å². The fourth-order valence-corrected chi connectivity index (χ4v) is 4.10. The van der Waals surface area contributed by atoms with Crippen LogP contribution in [0.15, 0.2) is 39.9 Å². The lowest BCUT2D eigenvalue weighted by Gasteiger charge is -2.32. The number of primary amides is 1. The molecule has 2 heterocycles. The molecule has 0 atom stereocenters. The van der Waals surface area contributed by atoms with E-state index in [2.05, 4.69) is 4.98 Å². The van der Waals surface area contributed by atoms with E-state index >= 15 is 0 Å². The summed E-state index contributed by atoms with van der Waals surface area (Å²) in [4.78, 5) is 55.7. The number of rotatable bonds is 8. The topological polar surface area (TPSA) is 148 Å². The Kier molecular flexibility index (Phi) is 7.70. The average Bonchev–Trinajstić information content (AvgIpc) is 2.76. The van der Waals surface area contributed by atoms with E-state index in [4.69, 9.17) is 11.5 Å². The lowest BCUT2D eigenvalue weighted by molar-refractivity contribution is -0.123. The molecule has 1 aromatic heterocycles. The van der Waals surface area contributed by atoms with Crippen molar-refractivity contribution in [2.24, 2.45) is 17.6 Å². The molecule has 1 fully saturated rings. The van der Waals surface area contributed by atoms with Gasteiger partial charge in [-0.05, 0) is 37.4 Å². The van der Waals surface area contributed by atoms with Gasteiger partial charge in [-0.15, -0.1) is 0 Å². The number of carbonyl (C=O) groups is 2. The number of nitrogen functional groups attached to an aromatic ring is 1. The number of hydrogen-bond acceptors (Lipinski definition) is 6. The average molecular weight is 457 g/mol. The third-order valence-corrected chi connectivity index (χ3v) is 5.87. The van der Waals surface area contributed by atoms with E-state index in [1.54, 1.807) is 0 Å². The molecule has 2 aromatic rings. The summed E-state index contributed by atoms with van der Waals surface area (Å²) in [5.74, 6) is -0.772. The number of carbonyl (C=O) groups excluding carboxylic acids is 2. The highest BCUT2D eigenvalue weighted by atomic mass is 16.2. The molecule has 178 valence electrons. The van der Waals surface area contributed by atoms with Crippen molar-refractivity contribution in [3.05, 3.63) is 56.7 Å². The van der Waals surface area contributed by atoms with Gasteiger partial charge in [-0.2, -0.15) is 0 Å². The molecule has 33 heavy (non-hydrogen) atoms. The first-order valence-corrected chi connectivity index (χ1v) is 11.2. The van der Waals surface area contributed by atoms with Gasteiger partial charge in [-0.25, -0.2) is 4.79 Å². The number of nitrogens with one attached hydrogen (secondary N) is 1. The number of amides is 2. The number of nitrogens with two attached hydrogens (primary N) is 2. The lowest BCUT2D eigenvalue weighted by atomic mass is 9.96. The molecule has 0 aliphatic carbocycles. The van der Waals surface area contributed by atoms with E-state index in [-0.39, 0.29) is 54.8 Å². The summed E-state index contributed by atoms with van der Waals surface area (Å²) in [6.07, 6.45) is 1.19. The molecule has 0 radical (unpaired) electrons. The Morgan fingerprint density at radius 1 is 1.15 bits per heavy atom. The van der Waals surface area contributed by atoms with Crippen molar-refractivity contribution in [2.45, 2.75) is 33.2 Å². The Balaban J connectivity index is 1.89. The summed E-state index contributed by atoms with van der Waals surface area (Å²) in [6, 6.07) is 9.26. The molecule has 1 aliphatic rings. The van der Waals surface area contributed by atoms with Gasteiger partial charge in [0, 0.05) is 12.5 Å². The molecule has 1 aromatic carbocycles. The lowest BCUT2D eigenvalue weighted by Crippen LogP contribution is -2.48. The van der Waals surface area contributed by atoms with Gasteiger partial charge >= 0.3 is 5.69 Å². The van der Waals surface area contributed by atoms with Crippen molar-refractivity contribution in [3.63, 3.8) is 0 Å². The van der Waals surface area contributed by atoms with Crippen LogP contribution in [0.4, 0.5) is 11.5 Å². The summed E-state index contributed by atoms with van der Waals surface area (Å²) < 4.78 is 1.27. The van der Waals surface area contributed by atoms with Gasteiger partial charge in [0.1, 0.15) is 5.82 Å². The van der Waals surface area contributed by atoms with Crippen molar-refractivity contribution >= 4 is 23.3 Å². The molecule has 0 bridgehead atoms. The molecule has 5 N–H and O–H groups in total. The zero-order valence-corrected chi connectivity index (χ0v) is 19.1. The van der Waals surface area contributed by atoms with Crippen molar-refractivity contribution in [2.75, 3.05) is 36.8 Å². The van der Waals surface area contributed by atoms with E-state index in [0.717, 1.165) is 5.56 Å². The van der Waals surface area contributed by atoms with Crippen LogP contribution in [0.25, 0.3) is 0 Å². The third-order valence-electron chi connectivity index (χ3n) is 5.87. The number of likely N-dealkylation sites (tertiary alicyclic amines) is 1. The maximum Gasteiger partial charge on any atom is 0.330 e. The summed E-state index contributed by atoms with van der Waals surface area (Å²) >= 11 is 0. The van der Waals surface area contributed by atoms with E-state index in [1.807, 2.05) is 49.1 Å². The highest BCUT2D eigenvalue weighted by Crippen LogP contribution is 2.21. The number of nitrogens with zero attached hydrogens (tertiary/aromatic N) is 3. The fourth-order valence-electron chi connectivity index (χ4n) is 4.10. The van der Waals surface area contributed by atoms with E-state index in [1.165, 1.54) is 9.47 Å². The minimum Gasteiger partial charge on any atom is -0.383 e. The molecule has 2 amide bonds. The highest BCUT2D eigenvalue weighted by Gasteiger charge is 2.29. The Labute approximate surface area is 192 Å². The Morgan fingerprint density at radius 2 is 1.79 bits per heavy atom. The molecule has 0 spiro atoms. The number of hydrogen-bond donors (Lipinski definition) is 3. The fraction of sp³-hybridized carbons (Fsp3) is 0.478. The maximum atomic E-state index is 13.3. The van der Waals surface area contributed by atoms with Crippen molar-refractivity contribution < 1.29 is 9.59 Å². The van der Waals surface area contributed by atoms with Crippen LogP contribution in [0.2, 0.25) is 0 Å². The van der Waals surface area contributed by atoms with Gasteiger partial charge in [0.05, 0.1) is 13.1 Å². The number of anilines is 2. The van der Waals surface area contributed by atoms with Crippen LogP contribution in [-0.2, 0) is 16.1 Å². The van der Waals surface area contributed by atoms with Crippen molar-refractivity contribution in [3.8, 4) is 0 Å². The van der Waals surface area contributed by atoms with Crippen LogP contribution in [0, 0.1) is 11.8 Å². The molecular formula is C23H32N6O4. The van der Waals surface area contributed by atoms with Crippen LogP contribution in [-0.4, -0.2) is 52.4 Å². The maximum absolute atomic E-state index is 13.3. The van der Waals surface area contributed by atoms with Gasteiger partial charge in [0.25, 0.3) is 5.56 Å². The minimum absolute atomic E-state index is 0.0174. The van der Waals surface area contributed by atoms with E-state index in [9.17, 15) is 19.2 Å². The number of H-pyrrole nitrogens is 1. The first-order chi connectivity index (χ1) is 15.7. The van der Waals surface area contributed by atoms with Gasteiger partial charge < -0.3 is 16.4 Å². The zero-order chi connectivity index (χ0) is 24.1. The second kappa shape index (κ2) is 10.5. The van der Waals surface area contributed by atoms with Crippen LogP contribution in [0.5, 0.6) is 0 Å². The molecule has 1 saturated heterocycles. The normalized spacial score (nSPS) is 15.0. The molecule has 3 rings (SSSR count). The molecule has 0 saturated carbocycles. The van der Waals surface area contributed by atoms with Gasteiger partial charge in [0.2, 0.25) is 11.8 Å². The summed E-state index contributed by atoms with van der Waals surface area (Å²) in [6.45, 7) is 5.51. The Morgan fingerprint density at radius 3 is 2.36 bits per heavy atom. The minimum atomic E-state index is -0.691. The molecule has 10 heteroatoms. The number of piperidine rings is 1. The smallest absolute Gasteiger partial charge is 0.330 e. The number of aromatic amines is 1. The predicted octanol–water partition coefficient (Wildman–Crippen LogP) is 0.353. The predicted molar refractivity (Wildman–Crippen MR) is 127 cm³/mol. The standard InChI is InChI=1S/C23H32N6O4/c1-15(2)12-28(18(30)14-27-10-8-17(9-11-27)21(25)31)19-20(24)29(23(33)26-22(19)32)13-16-6-4-3-5-7-16/h3-7,15,17H,8-14,24H2,1-2H3,(H2,25,31)(H,26,32,33). The van der Waals surface area contributed by atoms with Crippen LogP contribution < -0.4 is 27.6 Å². The first-order valence-electron chi connectivity index (χ1n) is 11.2. The van der Waals surface area contributed by atoms with Crippen LogP contribution in [0.1, 0.15) is 32.3 Å². The molecule has 0 unspecified atom stereocenters. The van der Waals surface area contributed by atoms with Crippen molar-refractivity contribution in [1.29, 1.82) is 0 Å². The van der Waals surface area contributed by atoms with Gasteiger partial charge in [-0.3, -0.25) is 28.8 Å². The summed E-state index contributed by atoms with van der Waals surface area (Å²) in [5, 5.41) is 0. The monoisotopic (exact) mass is 456 g/mol. The quantitative estimate of drug-likeness (QED) is 0.522. The second-order valence-corrected chi connectivity index (χ2v) is 8.92. The Bertz CT molecular complexity index is 1100. The number of aromatic nitrogens is 2. The van der Waals surface area contributed by atoms with Gasteiger partial charge in [-0.1, -0.05) is 44.2 Å². The molecule has 10 nitrogen and oxygen atoms in total. The molecular weight excluding hydrogens is 424 g/mol. The number of benzene rings is 1. The van der Waals surface area contributed by atoms with Crippen LogP contribution in [0.3, 0.4) is 0 Å². The first kappa shape index (κ1) is 24.2. The molecule has 1 aliphatic heterocycles. The zero-order valence-electron chi connectivity index (χ0n) is 19.1. The highest BCUT2D eigenvalue weighted by molar-refractivity contribution is 5.96. The summed E-state index contributed by atoms with van der Waals surface area (Å²) in [7, 11) is 0. The Hall–Kier alpha value is -3.40. The largest absolute Gasteiger partial charge is 0.383 e.